The van der Waals surface area contributed by atoms with Crippen LogP contribution in [-0.4, -0.2) is 53.5 Å². The van der Waals surface area contributed by atoms with Crippen molar-refractivity contribution in [2.75, 3.05) is 42.4 Å². The van der Waals surface area contributed by atoms with E-state index in [0.717, 1.165) is 41.7 Å². The topological polar surface area (TPSA) is 93.5 Å². The van der Waals surface area contributed by atoms with Crippen molar-refractivity contribution in [3.63, 3.8) is 0 Å². The van der Waals surface area contributed by atoms with Crippen LogP contribution in [0.4, 0.5) is 23.1 Å². The van der Waals surface area contributed by atoms with Gasteiger partial charge in [0.25, 0.3) is 5.56 Å². The fourth-order valence-corrected chi connectivity index (χ4v) is 4.61. The zero-order chi connectivity index (χ0) is 25.1. The number of aromatic nitrogens is 3. The molecule has 35 heavy (non-hydrogen) atoms. The molecule has 0 fully saturated rings. The van der Waals surface area contributed by atoms with E-state index in [1.165, 1.54) is 0 Å². The number of anilines is 4. The Morgan fingerprint density at radius 3 is 2.89 bits per heavy atom. The lowest BCUT2D eigenvalue weighted by Gasteiger charge is -2.34. The minimum atomic E-state index is -0.151. The van der Waals surface area contributed by atoms with Crippen LogP contribution in [-0.2, 0) is 11.8 Å². The number of halogens is 1. The van der Waals surface area contributed by atoms with E-state index in [-0.39, 0.29) is 17.6 Å². The molecule has 4 rings (SSSR count). The van der Waals surface area contributed by atoms with E-state index in [1.807, 2.05) is 18.2 Å². The summed E-state index contributed by atoms with van der Waals surface area (Å²) in [6.07, 6.45) is 3.34. The third kappa shape index (κ3) is 5.01. The van der Waals surface area contributed by atoms with Crippen molar-refractivity contribution in [2.24, 2.45) is 7.05 Å². The van der Waals surface area contributed by atoms with Crippen LogP contribution < -0.4 is 25.8 Å². The molecular formula is C25H33ClN6O3. The summed E-state index contributed by atoms with van der Waals surface area (Å²) >= 11 is 6.50. The summed E-state index contributed by atoms with van der Waals surface area (Å²) in [5, 5.41) is 8.02. The molecule has 0 bridgehead atoms. The molecule has 1 aromatic carbocycles. The SMILES string of the molecule is CCC(COC)N(c1ncc(Cl)c(Nc2ccc3c(c2)c2c(c(=O)n3C)OCCCN2)n1)C(C)C. The van der Waals surface area contributed by atoms with Crippen LogP contribution in [0.1, 0.15) is 33.6 Å². The third-order valence-corrected chi connectivity index (χ3v) is 6.50. The van der Waals surface area contributed by atoms with Crippen molar-refractivity contribution in [2.45, 2.75) is 45.7 Å². The number of ether oxygens (including phenoxy) is 2. The van der Waals surface area contributed by atoms with Gasteiger partial charge in [0.2, 0.25) is 11.7 Å². The number of fused-ring (bicyclic) bond motifs is 3. The molecule has 1 atom stereocenters. The summed E-state index contributed by atoms with van der Waals surface area (Å²) in [6, 6.07) is 6.11. The second-order valence-electron chi connectivity index (χ2n) is 8.94. The maximum atomic E-state index is 12.8. The van der Waals surface area contributed by atoms with Gasteiger partial charge in [-0.05, 0) is 44.9 Å². The molecule has 0 spiro atoms. The van der Waals surface area contributed by atoms with Crippen molar-refractivity contribution in [3.05, 3.63) is 39.8 Å². The zero-order valence-electron chi connectivity index (χ0n) is 20.9. The third-order valence-electron chi connectivity index (χ3n) is 6.23. The van der Waals surface area contributed by atoms with Crippen LogP contribution in [0, 0.1) is 0 Å². The monoisotopic (exact) mass is 500 g/mol. The highest BCUT2D eigenvalue weighted by atomic mass is 35.5. The summed E-state index contributed by atoms with van der Waals surface area (Å²) in [6.45, 7) is 8.16. The van der Waals surface area contributed by atoms with E-state index in [1.54, 1.807) is 24.9 Å². The summed E-state index contributed by atoms with van der Waals surface area (Å²) in [5.74, 6) is 1.45. The second kappa shape index (κ2) is 10.7. The quantitative estimate of drug-likeness (QED) is 0.465. The van der Waals surface area contributed by atoms with Crippen molar-refractivity contribution in [3.8, 4) is 5.75 Å². The fraction of sp³-hybridized carbons (Fsp3) is 0.480. The molecule has 3 heterocycles. The summed E-state index contributed by atoms with van der Waals surface area (Å²) in [5.41, 5.74) is 2.16. The molecule has 0 saturated carbocycles. The van der Waals surface area contributed by atoms with E-state index < -0.39 is 0 Å². The first-order valence-electron chi connectivity index (χ1n) is 12.0. The molecule has 2 aromatic heterocycles. The van der Waals surface area contributed by atoms with Gasteiger partial charge in [0, 0.05) is 37.8 Å². The Bertz CT molecular complexity index is 1260. The molecule has 1 unspecified atom stereocenters. The predicted molar refractivity (Wildman–Crippen MR) is 142 cm³/mol. The molecule has 0 amide bonds. The highest BCUT2D eigenvalue weighted by Gasteiger charge is 2.24. The Morgan fingerprint density at radius 2 is 2.17 bits per heavy atom. The lowest BCUT2D eigenvalue weighted by Crippen LogP contribution is -2.44. The van der Waals surface area contributed by atoms with Crippen LogP contribution in [0.3, 0.4) is 0 Å². The molecule has 0 saturated heterocycles. The maximum Gasteiger partial charge on any atom is 0.295 e. The van der Waals surface area contributed by atoms with E-state index in [0.29, 0.717) is 35.8 Å². The van der Waals surface area contributed by atoms with E-state index in [2.05, 4.69) is 41.3 Å². The standard InChI is InChI=1S/C25H33ClN6O3/c1-6-17(14-34-5)32(15(2)3)25-28-13-19(26)23(30-25)29-16-8-9-20-18(12-16)21-22(24(33)31(20)4)35-11-7-10-27-21/h8-9,12-13,15,17,27H,6-7,10-11,14H2,1-5H3,(H,28,29,30). The summed E-state index contributed by atoms with van der Waals surface area (Å²) in [4.78, 5) is 24.3. The first-order chi connectivity index (χ1) is 16.8. The number of hydrogen-bond donors (Lipinski definition) is 2. The summed E-state index contributed by atoms with van der Waals surface area (Å²) < 4.78 is 12.8. The van der Waals surface area contributed by atoms with E-state index in [9.17, 15) is 4.79 Å². The van der Waals surface area contributed by atoms with Crippen molar-refractivity contribution in [1.82, 2.24) is 14.5 Å². The molecule has 0 radical (unpaired) electrons. The Hall–Kier alpha value is -3.04. The minimum absolute atomic E-state index is 0.137. The van der Waals surface area contributed by atoms with Crippen molar-refractivity contribution in [1.29, 1.82) is 0 Å². The van der Waals surface area contributed by atoms with Crippen LogP contribution >= 0.6 is 11.6 Å². The van der Waals surface area contributed by atoms with Gasteiger partial charge in [-0.25, -0.2) is 4.98 Å². The first kappa shape index (κ1) is 25.1. The highest BCUT2D eigenvalue weighted by Crippen LogP contribution is 2.34. The molecule has 188 valence electrons. The van der Waals surface area contributed by atoms with Crippen LogP contribution in [0.15, 0.2) is 29.2 Å². The van der Waals surface area contributed by atoms with Gasteiger partial charge >= 0.3 is 0 Å². The van der Waals surface area contributed by atoms with Crippen molar-refractivity contribution < 1.29 is 9.47 Å². The zero-order valence-corrected chi connectivity index (χ0v) is 21.6. The van der Waals surface area contributed by atoms with Gasteiger partial charge in [-0.1, -0.05) is 18.5 Å². The lowest BCUT2D eigenvalue weighted by molar-refractivity contribution is 0.171. The van der Waals surface area contributed by atoms with E-state index >= 15 is 0 Å². The maximum absolute atomic E-state index is 12.8. The van der Waals surface area contributed by atoms with Crippen molar-refractivity contribution >= 4 is 45.6 Å². The van der Waals surface area contributed by atoms with Crippen LogP contribution in [0.5, 0.6) is 5.75 Å². The molecule has 1 aliphatic heterocycles. The number of hydrogen-bond acceptors (Lipinski definition) is 8. The summed E-state index contributed by atoms with van der Waals surface area (Å²) in [7, 11) is 3.46. The normalized spacial score (nSPS) is 14.1. The number of pyridine rings is 1. The number of benzene rings is 1. The Balaban J connectivity index is 1.74. The molecule has 10 heteroatoms. The molecule has 1 aliphatic rings. The molecule has 3 aromatic rings. The van der Waals surface area contributed by atoms with Gasteiger partial charge in [-0.2, -0.15) is 4.98 Å². The smallest absolute Gasteiger partial charge is 0.295 e. The predicted octanol–water partition coefficient (Wildman–Crippen LogP) is 4.56. The van der Waals surface area contributed by atoms with Gasteiger partial charge in [0.15, 0.2) is 5.82 Å². The van der Waals surface area contributed by atoms with Gasteiger partial charge < -0.3 is 29.6 Å². The molecule has 0 aliphatic carbocycles. The number of nitrogens with zero attached hydrogens (tertiary/aromatic N) is 4. The molecular weight excluding hydrogens is 468 g/mol. The van der Waals surface area contributed by atoms with Crippen LogP contribution in [0.2, 0.25) is 5.02 Å². The fourth-order valence-electron chi connectivity index (χ4n) is 4.48. The second-order valence-corrected chi connectivity index (χ2v) is 9.35. The average molecular weight is 501 g/mol. The van der Waals surface area contributed by atoms with Gasteiger partial charge in [-0.3, -0.25) is 4.79 Å². The number of aryl methyl sites for hydroxylation is 1. The molecule has 9 nitrogen and oxygen atoms in total. The van der Waals surface area contributed by atoms with Gasteiger partial charge in [0.05, 0.1) is 36.7 Å². The van der Waals surface area contributed by atoms with Crippen LogP contribution in [0.25, 0.3) is 10.9 Å². The Labute approximate surface area is 210 Å². The molecule has 2 N–H and O–H groups in total. The number of methoxy groups -OCH3 is 1. The number of rotatable bonds is 8. The minimum Gasteiger partial charge on any atom is -0.486 e. The van der Waals surface area contributed by atoms with E-state index in [4.69, 9.17) is 26.1 Å². The average Bonchev–Trinajstić information content (AvgIpc) is 3.10. The van der Waals surface area contributed by atoms with Gasteiger partial charge in [0.1, 0.15) is 5.02 Å². The van der Waals surface area contributed by atoms with Gasteiger partial charge in [-0.15, -0.1) is 0 Å². The highest BCUT2D eigenvalue weighted by molar-refractivity contribution is 6.32. The lowest BCUT2D eigenvalue weighted by atomic mass is 10.1. The Morgan fingerprint density at radius 1 is 1.37 bits per heavy atom. The number of nitrogens with one attached hydrogen (secondary N) is 2. The Kier molecular flexibility index (Phi) is 7.66. The first-order valence-corrected chi connectivity index (χ1v) is 12.3. The largest absolute Gasteiger partial charge is 0.486 e.